The number of ether oxygens (including phenoxy) is 1. The lowest BCUT2D eigenvalue weighted by molar-refractivity contribution is 0.301. The van der Waals surface area contributed by atoms with E-state index in [2.05, 4.69) is 15.9 Å². The van der Waals surface area contributed by atoms with E-state index in [0.29, 0.717) is 17.6 Å². The number of nitrogens with two attached hydrogens (primary N) is 1. The van der Waals surface area contributed by atoms with Crippen molar-refractivity contribution < 1.29 is 9.13 Å². The van der Waals surface area contributed by atoms with Gasteiger partial charge >= 0.3 is 0 Å². The maximum absolute atomic E-state index is 13.3. The molecule has 0 radical (unpaired) electrons. The molecule has 2 rings (SSSR count). The molecule has 0 saturated carbocycles. The summed E-state index contributed by atoms with van der Waals surface area (Å²) in [5.74, 6) is 0.562. The molecule has 2 nitrogen and oxygen atoms in total. The highest BCUT2D eigenvalue weighted by atomic mass is 79.9. The lowest BCUT2D eigenvalue weighted by Crippen LogP contribution is -2.02. The Morgan fingerprint density at radius 3 is 2.25 bits per heavy atom. The highest BCUT2D eigenvalue weighted by molar-refractivity contribution is 9.10. The molecule has 2 aromatic rings. The third-order valence-corrected chi connectivity index (χ3v) is 3.52. The fourth-order valence-electron chi connectivity index (χ4n) is 2.24. The average molecular weight is 338 g/mol. The Bertz CT molecular complexity index is 585. The van der Waals surface area contributed by atoms with Gasteiger partial charge in [-0.1, -0.05) is 28.1 Å². The largest absolute Gasteiger partial charge is 0.488 e. The molecular weight excluding hydrogens is 321 g/mol. The molecule has 0 heterocycles. The van der Waals surface area contributed by atoms with Crippen molar-refractivity contribution >= 4 is 15.9 Å². The molecule has 0 bridgehead atoms. The Morgan fingerprint density at radius 1 is 1.05 bits per heavy atom. The van der Waals surface area contributed by atoms with Crippen LogP contribution in [-0.4, -0.2) is 0 Å². The lowest BCUT2D eigenvalue weighted by atomic mass is 10.1. The molecule has 0 aliphatic carbocycles. The van der Waals surface area contributed by atoms with E-state index in [9.17, 15) is 4.39 Å². The van der Waals surface area contributed by atoms with Crippen molar-refractivity contribution in [2.45, 2.75) is 27.0 Å². The van der Waals surface area contributed by atoms with Crippen LogP contribution in [0.2, 0.25) is 0 Å². The van der Waals surface area contributed by atoms with Crippen molar-refractivity contribution in [1.29, 1.82) is 0 Å². The third kappa shape index (κ3) is 3.58. The second-order valence-corrected chi connectivity index (χ2v) is 5.74. The molecule has 0 unspecified atom stereocenters. The first-order chi connectivity index (χ1) is 9.49. The van der Waals surface area contributed by atoms with Gasteiger partial charge in [-0.05, 0) is 54.3 Å². The summed E-state index contributed by atoms with van der Waals surface area (Å²) in [6.07, 6.45) is 0. The maximum atomic E-state index is 13.3. The van der Waals surface area contributed by atoms with E-state index in [-0.39, 0.29) is 5.82 Å². The second-order valence-electron chi connectivity index (χ2n) is 4.83. The van der Waals surface area contributed by atoms with Crippen LogP contribution in [0.4, 0.5) is 4.39 Å². The van der Waals surface area contributed by atoms with E-state index < -0.39 is 0 Å². The number of hydrogen-bond donors (Lipinski definition) is 1. The Kier molecular flexibility index (Phi) is 4.78. The van der Waals surface area contributed by atoms with Crippen LogP contribution in [-0.2, 0) is 13.2 Å². The molecule has 0 aliphatic heterocycles. The van der Waals surface area contributed by atoms with E-state index in [1.54, 1.807) is 0 Å². The first kappa shape index (κ1) is 15.0. The van der Waals surface area contributed by atoms with Crippen molar-refractivity contribution in [1.82, 2.24) is 0 Å². The molecule has 4 heteroatoms. The molecule has 0 aliphatic rings. The van der Waals surface area contributed by atoms with Crippen LogP contribution >= 0.6 is 15.9 Å². The second kappa shape index (κ2) is 6.37. The van der Waals surface area contributed by atoms with Crippen LogP contribution in [0.15, 0.2) is 34.8 Å². The SMILES string of the molecule is Cc1cc(CN)cc(C)c1OCc1cc(F)cc(Br)c1. The zero-order valence-corrected chi connectivity index (χ0v) is 13.1. The molecule has 0 spiro atoms. The van der Waals surface area contributed by atoms with Crippen molar-refractivity contribution in [2.75, 3.05) is 0 Å². The molecule has 0 aromatic heterocycles. The van der Waals surface area contributed by atoms with Crippen molar-refractivity contribution in [3.05, 3.63) is 62.9 Å². The number of benzene rings is 2. The molecular formula is C16H17BrFNO. The number of aryl methyl sites for hydroxylation is 2. The minimum absolute atomic E-state index is 0.273. The summed E-state index contributed by atoms with van der Waals surface area (Å²) in [6, 6.07) is 8.79. The number of rotatable bonds is 4. The number of halogens is 2. The molecule has 2 aromatic carbocycles. The van der Waals surface area contributed by atoms with Crippen LogP contribution in [0.5, 0.6) is 5.75 Å². The first-order valence-electron chi connectivity index (χ1n) is 6.37. The van der Waals surface area contributed by atoms with Crippen LogP contribution in [0, 0.1) is 19.7 Å². The molecule has 20 heavy (non-hydrogen) atoms. The van der Waals surface area contributed by atoms with Gasteiger partial charge in [-0.3, -0.25) is 0 Å². The fourth-order valence-corrected chi connectivity index (χ4v) is 2.75. The van der Waals surface area contributed by atoms with Gasteiger partial charge in [0.25, 0.3) is 0 Å². The molecule has 0 saturated heterocycles. The predicted molar refractivity (Wildman–Crippen MR) is 82.2 cm³/mol. The van der Waals surface area contributed by atoms with Gasteiger partial charge in [0.15, 0.2) is 0 Å². The van der Waals surface area contributed by atoms with Gasteiger partial charge in [0.2, 0.25) is 0 Å². The Balaban J connectivity index is 2.18. The molecule has 106 valence electrons. The van der Waals surface area contributed by atoms with Crippen LogP contribution in [0.3, 0.4) is 0 Å². The highest BCUT2D eigenvalue weighted by Gasteiger charge is 2.07. The normalized spacial score (nSPS) is 10.7. The lowest BCUT2D eigenvalue weighted by Gasteiger charge is -2.14. The summed E-state index contributed by atoms with van der Waals surface area (Å²) in [4.78, 5) is 0. The van der Waals surface area contributed by atoms with Gasteiger partial charge in [-0.25, -0.2) is 4.39 Å². The molecule has 0 amide bonds. The maximum Gasteiger partial charge on any atom is 0.125 e. The molecule has 0 atom stereocenters. The van der Waals surface area contributed by atoms with Gasteiger partial charge in [0.1, 0.15) is 18.2 Å². The van der Waals surface area contributed by atoms with Crippen molar-refractivity contribution in [3.8, 4) is 5.75 Å². The Labute approximate surface area is 126 Å². The zero-order chi connectivity index (χ0) is 14.7. The predicted octanol–water partition coefficient (Wildman–Crippen LogP) is 4.24. The summed E-state index contributed by atoms with van der Waals surface area (Å²) in [6.45, 7) is 4.82. The van der Waals surface area contributed by atoms with Crippen LogP contribution < -0.4 is 10.5 Å². The summed E-state index contributed by atoms with van der Waals surface area (Å²) >= 11 is 3.28. The topological polar surface area (TPSA) is 35.2 Å². The van der Waals surface area contributed by atoms with Crippen molar-refractivity contribution in [2.24, 2.45) is 5.73 Å². The van der Waals surface area contributed by atoms with Crippen molar-refractivity contribution in [3.63, 3.8) is 0 Å². The quantitative estimate of drug-likeness (QED) is 0.905. The third-order valence-electron chi connectivity index (χ3n) is 3.06. The molecule has 0 fully saturated rings. The van der Waals surface area contributed by atoms with Gasteiger partial charge in [-0.15, -0.1) is 0 Å². The van der Waals surface area contributed by atoms with Gasteiger partial charge < -0.3 is 10.5 Å². The van der Waals surface area contributed by atoms with E-state index in [4.69, 9.17) is 10.5 Å². The summed E-state index contributed by atoms with van der Waals surface area (Å²) in [5.41, 5.74) is 9.61. The zero-order valence-electron chi connectivity index (χ0n) is 11.5. The average Bonchev–Trinajstić information content (AvgIpc) is 2.36. The summed E-state index contributed by atoms with van der Waals surface area (Å²) in [7, 11) is 0. The number of hydrogen-bond acceptors (Lipinski definition) is 2. The van der Waals surface area contributed by atoms with E-state index in [0.717, 1.165) is 28.0 Å². The first-order valence-corrected chi connectivity index (χ1v) is 7.17. The minimum Gasteiger partial charge on any atom is -0.488 e. The summed E-state index contributed by atoms with van der Waals surface area (Å²) < 4.78 is 19.9. The van der Waals surface area contributed by atoms with E-state index in [1.165, 1.54) is 12.1 Å². The fraction of sp³-hybridized carbons (Fsp3) is 0.250. The van der Waals surface area contributed by atoms with Gasteiger partial charge in [0, 0.05) is 11.0 Å². The van der Waals surface area contributed by atoms with E-state index >= 15 is 0 Å². The molecule has 2 N–H and O–H groups in total. The Morgan fingerprint density at radius 2 is 1.70 bits per heavy atom. The van der Waals surface area contributed by atoms with E-state index in [1.807, 2.05) is 32.0 Å². The van der Waals surface area contributed by atoms with Crippen LogP contribution in [0.1, 0.15) is 22.3 Å². The Hall–Kier alpha value is -1.39. The highest BCUT2D eigenvalue weighted by Crippen LogP contribution is 2.26. The monoisotopic (exact) mass is 337 g/mol. The smallest absolute Gasteiger partial charge is 0.125 e. The standard InChI is InChI=1S/C16H17BrFNO/c1-10-3-12(8-19)4-11(2)16(10)20-9-13-5-14(17)7-15(18)6-13/h3-7H,8-9,19H2,1-2H3. The van der Waals surface area contributed by atoms with Gasteiger partial charge in [0.05, 0.1) is 0 Å². The minimum atomic E-state index is -0.273. The van der Waals surface area contributed by atoms with Gasteiger partial charge in [-0.2, -0.15) is 0 Å². The summed E-state index contributed by atoms with van der Waals surface area (Å²) in [5, 5.41) is 0. The van der Waals surface area contributed by atoms with Crippen LogP contribution in [0.25, 0.3) is 0 Å².